The molecule has 0 aliphatic rings. The summed E-state index contributed by atoms with van der Waals surface area (Å²) in [7, 11) is 0. The van der Waals surface area contributed by atoms with Gasteiger partial charge in [-0.05, 0) is 12.1 Å². The summed E-state index contributed by atoms with van der Waals surface area (Å²) in [4.78, 5) is 0.455. The summed E-state index contributed by atoms with van der Waals surface area (Å²) in [5.74, 6) is 1.39. The number of thioether (sulfide) groups is 1. The molecule has 1 unspecified atom stereocenters. The Labute approximate surface area is 98.6 Å². The molecule has 0 aliphatic heterocycles. The van der Waals surface area contributed by atoms with Gasteiger partial charge in [0.2, 0.25) is 0 Å². The highest BCUT2D eigenvalue weighted by Crippen LogP contribution is 2.25. The van der Waals surface area contributed by atoms with E-state index in [9.17, 15) is 8.78 Å². The molecule has 4 heteroatoms. The van der Waals surface area contributed by atoms with Gasteiger partial charge in [0.1, 0.15) is 11.6 Å². The van der Waals surface area contributed by atoms with Gasteiger partial charge in [-0.1, -0.05) is 12.8 Å². The average Bonchev–Trinajstić information content (AvgIpc) is 2.23. The zero-order valence-electron chi connectivity index (χ0n) is 8.97. The Morgan fingerprint density at radius 2 is 2.25 bits per heavy atom. The molecule has 0 aromatic heterocycles. The highest BCUT2D eigenvalue weighted by atomic mass is 32.2. The van der Waals surface area contributed by atoms with Crippen LogP contribution in [0, 0.1) is 24.0 Å². The second kappa shape index (κ2) is 6.51. The van der Waals surface area contributed by atoms with Gasteiger partial charge in [0.15, 0.2) is 0 Å². The molecular weight excluding hydrogens is 228 g/mol. The summed E-state index contributed by atoms with van der Waals surface area (Å²) >= 11 is 1.36. The molecule has 16 heavy (non-hydrogen) atoms. The lowest BCUT2D eigenvalue weighted by atomic mass is 10.3. The zero-order chi connectivity index (χ0) is 12.0. The summed E-state index contributed by atoms with van der Waals surface area (Å²) in [5.41, 5.74) is 0. The van der Waals surface area contributed by atoms with Crippen molar-refractivity contribution in [2.45, 2.75) is 17.1 Å². The number of nitrogens with one attached hydrogen (secondary N) is 1. The molecule has 0 bridgehead atoms. The van der Waals surface area contributed by atoms with Gasteiger partial charge >= 0.3 is 0 Å². The monoisotopic (exact) mass is 241 g/mol. The molecule has 0 spiro atoms. The Kier molecular flexibility index (Phi) is 5.30. The molecule has 0 fully saturated rings. The summed E-state index contributed by atoms with van der Waals surface area (Å²) in [5, 5.41) is 3.21. The molecule has 1 aromatic rings. The minimum absolute atomic E-state index is 0.174. The zero-order valence-corrected chi connectivity index (χ0v) is 9.78. The van der Waals surface area contributed by atoms with Gasteiger partial charge in [-0.3, -0.25) is 0 Å². The molecule has 0 saturated heterocycles. The summed E-state index contributed by atoms with van der Waals surface area (Å²) in [6.07, 6.45) is 5.09. The van der Waals surface area contributed by atoms with Gasteiger partial charge < -0.3 is 5.32 Å². The van der Waals surface area contributed by atoms with Gasteiger partial charge in [-0.2, -0.15) is 0 Å². The van der Waals surface area contributed by atoms with Crippen molar-refractivity contribution in [1.29, 1.82) is 0 Å². The van der Waals surface area contributed by atoms with Crippen LogP contribution >= 0.6 is 11.8 Å². The molecule has 1 aromatic carbocycles. The van der Waals surface area contributed by atoms with Crippen molar-refractivity contribution in [2.75, 3.05) is 13.1 Å². The van der Waals surface area contributed by atoms with Crippen molar-refractivity contribution in [3.05, 3.63) is 29.8 Å². The molecule has 0 heterocycles. The summed E-state index contributed by atoms with van der Waals surface area (Å²) in [6.45, 7) is 3.14. The first-order chi connectivity index (χ1) is 7.63. The third kappa shape index (κ3) is 4.21. The minimum Gasteiger partial charge on any atom is -0.305 e. The van der Waals surface area contributed by atoms with Crippen molar-refractivity contribution >= 4 is 11.8 Å². The Bertz CT molecular complexity index is 387. The molecule has 1 nitrogen and oxygen atoms in total. The van der Waals surface area contributed by atoms with Crippen molar-refractivity contribution in [1.82, 2.24) is 5.32 Å². The first-order valence-corrected chi connectivity index (χ1v) is 5.77. The van der Waals surface area contributed by atoms with Crippen molar-refractivity contribution in [2.24, 2.45) is 0 Å². The summed E-state index contributed by atoms with van der Waals surface area (Å²) in [6, 6.07) is 3.60. The van der Waals surface area contributed by atoms with Crippen LogP contribution in [0.3, 0.4) is 0 Å². The van der Waals surface area contributed by atoms with E-state index in [1.54, 1.807) is 0 Å². The number of terminal acetylenes is 1. The number of halogens is 2. The number of rotatable bonds is 5. The second-order valence-corrected chi connectivity index (χ2v) is 4.82. The maximum atomic E-state index is 13.3. The maximum absolute atomic E-state index is 13.3. The van der Waals surface area contributed by atoms with E-state index < -0.39 is 11.6 Å². The molecule has 1 rings (SSSR count). The van der Waals surface area contributed by atoms with Crippen molar-refractivity contribution in [3.63, 3.8) is 0 Å². The van der Waals surface area contributed by atoms with Gasteiger partial charge in [0.05, 0.1) is 6.54 Å². The number of hydrogen-bond acceptors (Lipinski definition) is 2. The van der Waals surface area contributed by atoms with E-state index >= 15 is 0 Å². The maximum Gasteiger partial charge on any atom is 0.139 e. The standard InChI is InChI=1S/C12H13F2NS/c1-3-6-15-8-9(2)16-12-5-4-10(13)7-11(12)14/h1,4-5,7,9,15H,6,8H2,2H3. The van der Waals surface area contributed by atoms with Gasteiger partial charge in [0.25, 0.3) is 0 Å². The lowest BCUT2D eigenvalue weighted by Crippen LogP contribution is -2.22. The third-order valence-electron chi connectivity index (χ3n) is 1.88. The van der Waals surface area contributed by atoms with Crippen LogP contribution in [0.25, 0.3) is 0 Å². The van der Waals surface area contributed by atoms with E-state index in [-0.39, 0.29) is 5.25 Å². The fourth-order valence-corrected chi connectivity index (χ4v) is 2.13. The number of benzene rings is 1. The molecule has 0 aliphatic carbocycles. The smallest absolute Gasteiger partial charge is 0.139 e. The van der Waals surface area contributed by atoms with Gasteiger partial charge in [0, 0.05) is 22.8 Å². The second-order valence-electron chi connectivity index (χ2n) is 3.34. The van der Waals surface area contributed by atoms with E-state index in [0.29, 0.717) is 18.0 Å². The van der Waals surface area contributed by atoms with Crippen molar-refractivity contribution < 1.29 is 8.78 Å². The molecular formula is C12H13F2NS. The number of hydrogen-bond donors (Lipinski definition) is 1. The van der Waals surface area contributed by atoms with Crippen LogP contribution in [0.2, 0.25) is 0 Å². The highest BCUT2D eigenvalue weighted by Gasteiger charge is 2.08. The Morgan fingerprint density at radius 3 is 2.88 bits per heavy atom. The summed E-state index contributed by atoms with van der Waals surface area (Å²) < 4.78 is 25.9. The van der Waals surface area contributed by atoms with E-state index in [1.807, 2.05) is 6.92 Å². The fourth-order valence-electron chi connectivity index (χ4n) is 1.18. The average molecular weight is 241 g/mol. The molecule has 1 N–H and O–H groups in total. The molecule has 0 amide bonds. The Morgan fingerprint density at radius 1 is 1.50 bits per heavy atom. The van der Waals surface area contributed by atoms with E-state index in [1.165, 1.54) is 23.9 Å². The van der Waals surface area contributed by atoms with Crippen molar-refractivity contribution in [3.8, 4) is 12.3 Å². The lowest BCUT2D eigenvalue weighted by Gasteiger charge is -2.11. The lowest BCUT2D eigenvalue weighted by molar-refractivity contribution is 0.565. The first-order valence-electron chi connectivity index (χ1n) is 4.89. The Hall–Kier alpha value is -1.05. The van der Waals surface area contributed by atoms with Crippen LogP contribution in [-0.4, -0.2) is 18.3 Å². The normalized spacial score (nSPS) is 12.1. The van der Waals surface area contributed by atoms with Crippen LogP contribution in [0.4, 0.5) is 8.78 Å². The van der Waals surface area contributed by atoms with Gasteiger partial charge in [-0.15, -0.1) is 18.2 Å². The van der Waals surface area contributed by atoms with Crippen LogP contribution in [0.1, 0.15) is 6.92 Å². The molecule has 0 saturated carbocycles. The van der Waals surface area contributed by atoms with E-state index in [4.69, 9.17) is 6.42 Å². The quantitative estimate of drug-likeness (QED) is 0.483. The highest BCUT2D eigenvalue weighted by molar-refractivity contribution is 8.00. The molecule has 1 atom stereocenters. The predicted molar refractivity (Wildman–Crippen MR) is 63.4 cm³/mol. The minimum atomic E-state index is -0.556. The van der Waals surface area contributed by atoms with Crippen LogP contribution < -0.4 is 5.32 Å². The van der Waals surface area contributed by atoms with E-state index in [2.05, 4.69) is 11.2 Å². The fraction of sp³-hybridized carbons (Fsp3) is 0.333. The largest absolute Gasteiger partial charge is 0.305 e. The van der Waals surface area contributed by atoms with Gasteiger partial charge in [-0.25, -0.2) is 8.78 Å². The topological polar surface area (TPSA) is 12.0 Å². The first kappa shape index (κ1) is 13.0. The third-order valence-corrected chi connectivity index (χ3v) is 3.03. The van der Waals surface area contributed by atoms with Crippen LogP contribution in [0.5, 0.6) is 0 Å². The van der Waals surface area contributed by atoms with Crippen LogP contribution in [-0.2, 0) is 0 Å². The molecule has 86 valence electrons. The molecule has 0 radical (unpaired) electrons. The van der Waals surface area contributed by atoms with Crippen LogP contribution in [0.15, 0.2) is 23.1 Å². The predicted octanol–water partition coefficient (Wildman–Crippen LogP) is 2.67. The Balaban J connectivity index is 2.50. The SMILES string of the molecule is C#CCNCC(C)Sc1ccc(F)cc1F. The van der Waals surface area contributed by atoms with E-state index in [0.717, 1.165) is 6.07 Å².